The molecule has 2 nitrogen and oxygen atoms in total. The van der Waals surface area contributed by atoms with Gasteiger partial charge in [-0.1, -0.05) is 35.9 Å². The number of rotatable bonds is 5. The van der Waals surface area contributed by atoms with Crippen LogP contribution in [0.1, 0.15) is 31.9 Å². The Balaban J connectivity index is 2.13. The fraction of sp³-hybridized carbons (Fsp3) is 0.333. The van der Waals surface area contributed by atoms with E-state index in [2.05, 4.69) is 0 Å². The van der Waals surface area contributed by atoms with Crippen LogP contribution in [0.2, 0.25) is 5.02 Å². The smallest absolute Gasteiger partial charge is 0.119 e. The van der Waals surface area contributed by atoms with Crippen LogP contribution in [0.25, 0.3) is 0 Å². The quantitative estimate of drug-likeness (QED) is 0.876. The number of hydrogen-bond donors (Lipinski definition) is 1. The van der Waals surface area contributed by atoms with E-state index in [-0.39, 0.29) is 6.10 Å². The Bertz CT molecular complexity index is 571. The van der Waals surface area contributed by atoms with Gasteiger partial charge in [0.25, 0.3) is 0 Å². The summed E-state index contributed by atoms with van der Waals surface area (Å²) in [6, 6.07) is 15.2. The third-order valence-corrected chi connectivity index (χ3v) is 3.56. The SMILES string of the molecule is CC(C)Oc1ccc(C(C)(O)Cc2ccc(Cl)cc2)cc1. The lowest BCUT2D eigenvalue weighted by Gasteiger charge is -2.24. The van der Waals surface area contributed by atoms with Crippen LogP contribution in [0.15, 0.2) is 48.5 Å². The van der Waals surface area contributed by atoms with Crippen molar-refractivity contribution in [3.63, 3.8) is 0 Å². The van der Waals surface area contributed by atoms with Crippen molar-refractivity contribution in [2.75, 3.05) is 0 Å². The van der Waals surface area contributed by atoms with Crippen molar-refractivity contribution in [1.82, 2.24) is 0 Å². The first-order valence-corrected chi connectivity index (χ1v) is 7.48. The van der Waals surface area contributed by atoms with Gasteiger partial charge in [-0.3, -0.25) is 0 Å². The zero-order chi connectivity index (χ0) is 15.5. The van der Waals surface area contributed by atoms with Crippen molar-refractivity contribution in [3.05, 3.63) is 64.7 Å². The molecular weight excluding hydrogens is 284 g/mol. The molecule has 1 atom stereocenters. The molecule has 0 heterocycles. The summed E-state index contributed by atoms with van der Waals surface area (Å²) < 4.78 is 5.62. The molecule has 1 unspecified atom stereocenters. The van der Waals surface area contributed by atoms with Crippen LogP contribution >= 0.6 is 11.6 Å². The Morgan fingerprint density at radius 1 is 1.05 bits per heavy atom. The van der Waals surface area contributed by atoms with Gasteiger partial charge in [-0.05, 0) is 56.2 Å². The summed E-state index contributed by atoms with van der Waals surface area (Å²) in [5, 5.41) is 11.4. The highest BCUT2D eigenvalue weighted by Crippen LogP contribution is 2.27. The molecule has 112 valence electrons. The standard InChI is InChI=1S/C18H21ClO2/c1-13(2)21-17-10-6-15(7-11-17)18(3,20)12-14-4-8-16(19)9-5-14/h4-11,13,20H,12H2,1-3H3. The molecule has 0 bridgehead atoms. The number of halogens is 1. The van der Waals surface area contributed by atoms with Crippen LogP contribution < -0.4 is 4.74 Å². The molecule has 0 radical (unpaired) electrons. The maximum atomic E-state index is 10.7. The van der Waals surface area contributed by atoms with Crippen LogP contribution in [-0.2, 0) is 12.0 Å². The van der Waals surface area contributed by atoms with E-state index >= 15 is 0 Å². The van der Waals surface area contributed by atoms with Crippen molar-refractivity contribution >= 4 is 11.6 Å². The molecule has 3 heteroatoms. The van der Waals surface area contributed by atoms with E-state index in [1.165, 1.54) is 0 Å². The first-order chi connectivity index (χ1) is 9.87. The number of hydrogen-bond acceptors (Lipinski definition) is 2. The van der Waals surface area contributed by atoms with Gasteiger partial charge in [-0.2, -0.15) is 0 Å². The molecular formula is C18H21ClO2. The highest BCUT2D eigenvalue weighted by Gasteiger charge is 2.23. The highest BCUT2D eigenvalue weighted by atomic mass is 35.5. The van der Waals surface area contributed by atoms with Crippen LogP contribution in [0, 0.1) is 0 Å². The van der Waals surface area contributed by atoms with Gasteiger partial charge in [-0.15, -0.1) is 0 Å². The van der Waals surface area contributed by atoms with Gasteiger partial charge in [0, 0.05) is 11.4 Å². The second-order valence-electron chi connectivity index (χ2n) is 5.77. The highest BCUT2D eigenvalue weighted by molar-refractivity contribution is 6.30. The van der Waals surface area contributed by atoms with E-state index < -0.39 is 5.60 Å². The Morgan fingerprint density at radius 2 is 1.62 bits per heavy atom. The Morgan fingerprint density at radius 3 is 2.14 bits per heavy atom. The van der Waals surface area contributed by atoms with Crippen molar-refractivity contribution in [3.8, 4) is 5.75 Å². The summed E-state index contributed by atoms with van der Waals surface area (Å²) in [5.41, 5.74) is 0.991. The molecule has 21 heavy (non-hydrogen) atoms. The molecule has 2 rings (SSSR count). The normalized spacial score (nSPS) is 14.0. The predicted octanol–water partition coefficient (Wildman–Crippen LogP) is 4.58. The van der Waals surface area contributed by atoms with Gasteiger partial charge >= 0.3 is 0 Å². The minimum atomic E-state index is -0.926. The van der Waals surface area contributed by atoms with E-state index in [9.17, 15) is 5.11 Å². The van der Waals surface area contributed by atoms with Gasteiger partial charge < -0.3 is 9.84 Å². The third kappa shape index (κ3) is 4.48. The van der Waals surface area contributed by atoms with Gasteiger partial charge in [-0.25, -0.2) is 0 Å². The fourth-order valence-electron chi connectivity index (χ4n) is 2.27. The lowest BCUT2D eigenvalue weighted by molar-refractivity contribution is 0.0575. The first kappa shape index (κ1) is 15.9. The van der Waals surface area contributed by atoms with E-state index in [4.69, 9.17) is 16.3 Å². The van der Waals surface area contributed by atoms with Crippen molar-refractivity contribution in [2.45, 2.75) is 38.9 Å². The zero-order valence-corrected chi connectivity index (χ0v) is 13.4. The van der Waals surface area contributed by atoms with E-state index in [0.29, 0.717) is 11.4 Å². The average Bonchev–Trinajstić information content (AvgIpc) is 2.41. The molecule has 0 aromatic heterocycles. The molecule has 2 aromatic rings. The minimum absolute atomic E-state index is 0.144. The molecule has 2 aromatic carbocycles. The van der Waals surface area contributed by atoms with Crippen molar-refractivity contribution < 1.29 is 9.84 Å². The van der Waals surface area contributed by atoms with Crippen molar-refractivity contribution in [1.29, 1.82) is 0 Å². The van der Waals surface area contributed by atoms with Crippen LogP contribution in [0.4, 0.5) is 0 Å². The number of benzene rings is 2. The summed E-state index contributed by atoms with van der Waals surface area (Å²) in [5.74, 6) is 0.816. The van der Waals surface area contributed by atoms with Gasteiger partial charge in [0.15, 0.2) is 0 Å². The first-order valence-electron chi connectivity index (χ1n) is 7.11. The lowest BCUT2D eigenvalue weighted by atomic mass is 9.89. The van der Waals surface area contributed by atoms with Gasteiger partial charge in [0.2, 0.25) is 0 Å². The van der Waals surface area contributed by atoms with Crippen molar-refractivity contribution in [2.24, 2.45) is 0 Å². The zero-order valence-electron chi connectivity index (χ0n) is 12.6. The second kappa shape index (κ2) is 6.50. The molecule has 0 aliphatic carbocycles. The largest absolute Gasteiger partial charge is 0.491 e. The maximum Gasteiger partial charge on any atom is 0.119 e. The van der Waals surface area contributed by atoms with E-state index in [1.807, 2.05) is 69.3 Å². The van der Waals surface area contributed by atoms with E-state index in [0.717, 1.165) is 16.9 Å². The maximum absolute atomic E-state index is 10.7. The van der Waals surface area contributed by atoms with Gasteiger partial charge in [0.1, 0.15) is 5.75 Å². The summed E-state index contributed by atoms with van der Waals surface area (Å²) in [4.78, 5) is 0. The summed E-state index contributed by atoms with van der Waals surface area (Å²) in [7, 11) is 0. The monoisotopic (exact) mass is 304 g/mol. The van der Waals surface area contributed by atoms with Crippen LogP contribution in [0.5, 0.6) is 5.75 Å². The molecule has 0 saturated heterocycles. The Labute approximate surface area is 131 Å². The number of aliphatic hydroxyl groups is 1. The molecule has 1 N–H and O–H groups in total. The summed E-state index contributed by atoms with van der Waals surface area (Å²) in [6.45, 7) is 5.80. The number of ether oxygens (including phenoxy) is 1. The molecule has 0 fully saturated rings. The topological polar surface area (TPSA) is 29.5 Å². The van der Waals surface area contributed by atoms with Crippen LogP contribution in [0.3, 0.4) is 0 Å². The summed E-state index contributed by atoms with van der Waals surface area (Å²) in [6.07, 6.45) is 0.680. The molecule has 0 amide bonds. The van der Waals surface area contributed by atoms with Crippen LogP contribution in [-0.4, -0.2) is 11.2 Å². The minimum Gasteiger partial charge on any atom is -0.491 e. The fourth-order valence-corrected chi connectivity index (χ4v) is 2.39. The average molecular weight is 305 g/mol. The molecule has 0 saturated carbocycles. The van der Waals surface area contributed by atoms with Gasteiger partial charge in [0.05, 0.1) is 11.7 Å². The second-order valence-corrected chi connectivity index (χ2v) is 6.20. The third-order valence-electron chi connectivity index (χ3n) is 3.31. The predicted molar refractivity (Wildman–Crippen MR) is 86.9 cm³/mol. The summed E-state index contributed by atoms with van der Waals surface area (Å²) >= 11 is 5.88. The van der Waals surface area contributed by atoms with E-state index in [1.54, 1.807) is 0 Å². The Kier molecular flexibility index (Phi) is 4.92. The molecule has 0 aliphatic heterocycles. The molecule has 0 spiro atoms. The Hall–Kier alpha value is -1.51. The molecule has 0 aliphatic rings. The lowest BCUT2D eigenvalue weighted by Crippen LogP contribution is -2.24.